The highest BCUT2D eigenvalue weighted by molar-refractivity contribution is 5.62. The van der Waals surface area contributed by atoms with E-state index < -0.39 is 0 Å². The Morgan fingerprint density at radius 2 is 1.89 bits per heavy atom. The van der Waals surface area contributed by atoms with Crippen molar-refractivity contribution in [3.63, 3.8) is 0 Å². The van der Waals surface area contributed by atoms with Crippen LogP contribution in [0.15, 0.2) is 67.2 Å². The van der Waals surface area contributed by atoms with Gasteiger partial charge in [0.2, 0.25) is 0 Å². The maximum Gasteiger partial charge on any atom is 0.0898 e. The summed E-state index contributed by atoms with van der Waals surface area (Å²) in [4.78, 5) is 11.1. The Balaban J connectivity index is 2.08. The van der Waals surface area contributed by atoms with E-state index in [9.17, 15) is 0 Å². The number of hydrogen-bond donors (Lipinski definition) is 0. The third-order valence-corrected chi connectivity index (χ3v) is 3.22. The molecule has 0 aromatic carbocycles. The minimum absolute atomic E-state index is 0.156. The monoisotopic (exact) mass is 249 g/mol. The van der Waals surface area contributed by atoms with E-state index in [4.69, 9.17) is 0 Å². The zero-order chi connectivity index (χ0) is 13.1. The molecule has 0 saturated carbocycles. The van der Waals surface area contributed by atoms with Crippen molar-refractivity contribution < 1.29 is 0 Å². The second-order valence-electron chi connectivity index (χ2n) is 4.49. The minimum Gasteiger partial charge on any atom is -0.368 e. The van der Waals surface area contributed by atoms with Crippen molar-refractivity contribution >= 4 is 0 Å². The van der Waals surface area contributed by atoms with Crippen molar-refractivity contribution in [1.82, 2.24) is 14.9 Å². The Kier molecular flexibility index (Phi) is 3.11. The average Bonchev–Trinajstić information content (AvgIpc) is 2.49. The first-order chi connectivity index (χ1) is 9.36. The second kappa shape index (κ2) is 5.06. The number of rotatable bonds is 2. The van der Waals surface area contributed by atoms with Gasteiger partial charge in [-0.05, 0) is 36.5 Å². The highest BCUT2D eigenvalue weighted by Crippen LogP contribution is 2.30. The number of likely N-dealkylation sites (N-methyl/N-ethyl adjacent to an activating group) is 1. The van der Waals surface area contributed by atoms with Gasteiger partial charge in [0.25, 0.3) is 0 Å². The molecule has 2 aromatic rings. The average molecular weight is 249 g/mol. The molecule has 0 amide bonds. The van der Waals surface area contributed by atoms with E-state index in [0.717, 1.165) is 17.0 Å². The molecule has 2 aromatic heterocycles. The van der Waals surface area contributed by atoms with Crippen LogP contribution < -0.4 is 0 Å². The van der Waals surface area contributed by atoms with Gasteiger partial charge >= 0.3 is 0 Å². The molecule has 19 heavy (non-hydrogen) atoms. The fraction of sp³-hybridized carbons (Fsp3) is 0.125. The molecule has 1 unspecified atom stereocenters. The van der Waals surface area contributed by atoms with Gasteiger partial charge in [-0.25, -0.2) is 0 Å². The van der Waals surface area contributed by atoms with Gasteiger partial charge in [-0.1, -0.05) is 18.2 Å². The number of hydrogen-bond acceptors (Lipinski definition) is 3. The first-order valence-corrected chi connectivity index (χ1v) is 6.29. The number of nitrogens with zero attached hydrogens (tertiary/aromatic N) is 3. The van der Waals surface area contributed by atoms with Crippen LogP contribution in [0.5, 0.6) is 0 Å². The Morgan fingerprint density at radius 1 is 1.00 bits per heavy atom. The van der Waals surface area contributed by atoms with Crippen LogP contribution in [-0.2, 0) is 0 Å². The van der Waals surface area contributed by atoms with Gasteiger partial charge in [-0.15, -0.1) is 0 Å². The van der Waals surface area contributed by atoms with E-state index in [0.29, 0.717) is 0 Å². The standard InChI is InChI=1S/C16H15N3/c1-19-12-5-3-9-15(19)16-13(7-6-11-18-16)14-8-2-4-10-17-14/h2-12,15H,1H3. The summed E-state index contributed by atoms with van der Waals surface area (Å²) in [5.74, 6) is 0. The van der Waals surface area contributed by atoms with Crippen molar-refractivity contribution in [3.05, 3.63) is 72.8 Å². The topological polar surface area (TPSA) is 29.0 Å². The fourth-order valence-electron chi connectivity index (χ4n) is 2.26. The van der Waals surface area contributed by atoms with E-state index in [1.54, 1.807) is 0 Å². The van der Waals surface area contributed by atoms with Crippen molar-refractivity contribution in [2.75, 3.05) is 7.05 Å². The van der Waals surface area contributed by atoms with Crippen LogP contribution in [0.1, 0.15) is 11.7 Å². The molecule has 1 atom stereocenters. The van der Waals surface area contributed by atoms with Gasteiger partial charge in [-0.3, -0.25) is 9.97 Å². The molecule has 3 heterocycles. The third kappa shape index (κ3) is 2.27. The van der Waals surface area contributed by atoms with Gasteiger partial charge in [0.1, 0.15) is 0 Å². The lowest BCUT2D eigenvalue weighted by Gasteiger charge is -2.27. The van der Waals surface area contributed by atoms with Gasteiger partial charge in [0.15, 0.2) is 0 Å². The summed E-state index contributed by atoms with van der Waals surface area (Å²) in [5, 5.41) is 0. The molecular weight excluding hydrogens is 234 g/mol. The Hall–Kier alpha value is -2.42. The summed E-state index contributed by atoms with van der Waals surface area (Å²) >= 11 is 0. The minimum atomic E-state index is 0.156. The Labute approximate surface area is 112 Å². The number of aromatic nitrogens is 2. The maximum absolute atomic E-state index is 4.56. The first-order valence-electron chi connectivity index (χ1n) is 6.29. The summed E-state index contributed by atoms with van der Waals surface area (Å²) in [6.45, 7) is 0. The van der Waals surface area contributed by atoms with Gasteiger partial charge in [-0.2, -0.15) is 0 Å². The van der Waals surface area contributed by atoms with E-state index >= 15 is 0 Å². The van der Waals surface area contributed by atoms with E-state index in [1.807, 2.05) is 42.7 Å². The molecule has 94 valence electrons. The first kappa shape index (κ1) is 11.7. The van der Waals surface area contributed by atoms with E-state index in [1.165, 1.54) is 0 Å². The molecule has 0 fully saturated rings. The molecule has 1 aliphatic rings. The molecule has 3 rings (SSSR count). The van der Waals surface area contributed by atoms with E-state index in [-0.39, 0.29) is 6.04 Å². The zero-order valence-electron chi connectivity index (χ0n) is 10.8. The SMILES string of the molecule is CN1C=CC=CC1c1ncccc1-c1ccccn1. The smallest absolute Gasteiger partial charge is 0.0898 e. The van der Waals surface area contributed by atoms with Crippen molar-refractivity contribution in [1.29, 1.82) is 0 Å². The lowest BCUT2D eigenvalue weighted by Crippen LogP contribution is -2.20. The number of allylic oxidation sites excluding steroid dienone is 2. The summed E-state index contributed by atoms with van der Waals surface area (Å²) < 4.78 is 0. The molecule has 0 radical (unpaired) electrons. The van der Waals surface area contributed by atoms with Crippen LogP contribution in [0.4, 0.5) is 0 Å². The lowest BCUT2D eigenvalue weighted by molar-refractivity contribution is 0.383. The summed E-state index contributed by atoms with van der Waals surface area (Å²) in [6, 6.07) is 10.1. The Bertz CT molecular complexity index is 617. The number of pyridine rings is 2. The molecule has 0 bridgehead atoms. The normalized spacial score (nSPS) is 17.7. The Morgan fingerprint density at radius 3 is 2.68 bits per heavy atom. The quantitative estimate of drug-likeness (QED) is 0.818. The third-order valence-electron chi connectivity index (χ3n) is 3.22. The lowest BCUT2D eigenvalue weighted by atomic mass is 10.0. The largest absolute Gasteiger partial charge is 0.368 e. The van der Waals surface area contributed by atoms with Crippen LogP contribution in [0, 0.1) is 0 Å². The van der Waals surface area contributed by atoms with E-state index in [2.05, 4.69) is 46.3 Å². The molecular formula is C16H15N3. The summed E-state index contributed by atoms with van der Waals surface area (Å²) in [7, 11) is 2.06. The molecule has 3 heteroatoms. The fourth-order valence-corrected chi connectivity index (χ4v) is 2.26. The van der Waals surface area contributed by atoms with Crippen LogP contribution >= 0.6 is 0 Å². The van der Waals surface area contributed by atoms with Crippen LogP contribution in [0.2, 0.25) is 0 Å². The van der Waals surface area contributed by atoms with Crippen LogP contribution in [0.25, 0.3) is 11.3 Å². The molecule has 0 spiro atoms. The molecule has 1 aliphatic heterocycles. The maximum atomic E-state index is 4.56. The van der Waals surface area contributed by atoms with Crippen LogP contribution in [0.3, 0.4) is 0 Å². The summed E-state index contributed by atoms with van der Waals surface area (Å²) in [5.41, 5.74) is 3.08. The predicted octanol–water partition coefficient (Wildman–Crippen LogP) is 3.20. The highest BCUT2D eigenvalue weighted by atomic mass is 15.1. The molecule has 0 saturated heterocycles. The second-order valence-corrected chi connectivity index (χ2v) is 4.49. The van der Waals surface area contributed by atoms with Gasteiger partial charge in [0.05, 0.1) is 17.4 Å². The van der Waals surface area contributed by atoms with Gasteiger partial charge in [0, 0.05) is 25.0 Å². The highest BCUT2D eigenvalue weighted by Gasteiger charge is 2.19. The van der Waals surface area contributed by atoms with Crippen molar-refractivity contribution in [2.45, 2.75) is 6.04 Å². The van der Waals surface area contributed by atoms with Crippen molar-refractivity contribution in [2.24, 2.45) is 0 Å². The predicted molar refractivity (Wildman–Crippen MR) is 76.3 cm³/mol. The molecule has 0 aliphatic carbocycles. The van der Waals surface area contributed by atoms with Crippen molar-refractivity contribution in [3.8, 4) is 11.3 Å². The molecule has 0 N–H and O–H groups in total. The zero-order valence-corrected chi connectivity index (χ0v) is 10.8. The van der Waals surface area contributed by atoms with Crippen LogP contribution in [-0.4, -0.2) is 21.9 Å². The van der Waals surface area contributed by atoms with Gasteiger partial charge < -0.3 is 4.90 Å². The summed E-state index contributed by atoms with van der Waals surface area (Å²) in [6.07, 6.45) is 11.9. The molecule has 3 nitrogen and oxygen atoms in total.